The van der Waals surface area contributed by atoms with E-state index in [0.29, 0.717) is 13.1 Å². The second-order valence-electron chi connectivity index (χ2n) is 9.33. The summed E-state index contributed by atoms with van der Waals surface area (Å²) in [5.41, 5.74) is 1.37. The first-order chi connectivity index (χ1) is 15.2. The lowest BCUT2D eigenvalue weighted by molar-refractivity contribution is -0.138. The average molecular weight is 428 g/mol. The Bertz CT molecular complexity index is 664. The van der Waals surface area contributed by atoms with E-state index in [0.717, 1.165) is 77.2 Å². The maximum absolute atomic E-state index is 13.0. The molecule has 2 N–H and O–H groups in total. The molecular formula is C26H41N3O2. The number of likely N-dealkylation sites (tertiary alicyclic amines) is 1. The van der Waals surface area contributed by atoms with Gasteiger partial charge in [-0.25, -0.2) is 0 Å². The highest BCUT2D eigenvalue weighted by molar-refractivity contribution is 5.83. The summed E-state index contributed by atoms with van der Waals surface area (Å²) in [7, 11) is 0. The Balaban J connectivity index is 1.42. The quantitative estimate of drug-likeness (QED) is 0.592. The minimum absolute atomic E-state index is 0.0119. The summed E-state index contributed by atoms with van der Waals surface area (Å²) in [6.07, 6.45) is 11.4. The summed E-state index contributed by atoms with van der Waals surface area (Å²) in [5.74, 6) is 0.477. The van der Waals surface area contributed by atoms with E-state index < -0.39 is 0 Å². The standard InChI is InChI=1S/C26H41N3O2/c1-2-3-13-23(14-9-12-21-10-5-4-6-11-21)28-25(30)22-16-19-29(20-17-22)26(31)24-15-7-8-18-27-24/h4-6,10-11,22-24,27H,2-3,7-9,12-20H2,1H3,(H,28,30). The topological polar surface area (TPSA) is 61.4 Å². The summed E-state index contributed by atoms with van der Waals surface area (Å²) in [5, 5.41) is 6.72. The van der Waals surface area contributed by atoms with Crippen molar-refractivity contribution in [1.29, 1.82) is 0 Å². The van der Waals surface area contributed by atoms with Crippen molar-refractivity contribution in [2.45, 2.75) is 89.6 Å². The number of nitrogens with zero attached hydrogens (tertiary/aromatic N) is 1. The van der Waals surface area contributed by atoms with E-state index in [1.165, 1.54) is 5.56 Å². The van der Waals surface area contributed by atoms with Crippen LogP contribution in [0.3, 0.4) is 0 Å². The van der Waals surface area contributed by atoms with E-state index in [2.05, 4.69) is 47.9 Å². The van der Waals surface area contributed by atoms with Gasteiger partial charge in [-0.3, -0.25) is 9.59 Å². The molecule has 0 spiro atoms. The van der Waals surface area contributed by atoms with Gasteiger partial charge in [-0.15, -0.1) is 0 Å². The Morgan fingerprint density at radius 3 is 2.48 bits per heavy atom. The van der Waals surface area contributed by atoms with Crippen LogP contribution in [0.1, 0.15) is 76.7 Å². The molecule has 5 heteroatoms. The first-order valence-electron chi connectivity index (χ1n) is 12.5. The van der Waals surface area contributed by atoms with Gasteiger partial charge in [-0.2, -0.15) is 0 Å². The summed E-state index contributed by atoms with van der Waals surface area (Å²) < 4.78 is 0. The number of carbonyl (C=O) groups excluding carboxylic acids is 2. The van der Waals surface area contributed by atoms with Gasteiger partial charge in [0.25, 0.3) is 0 Å². The lowest BCUT2D eigenvalue weighted by Crippen LogP contribution is -2.52. The Hall–Kier alpha value is -1.88. The molecule has 0 aromatic heterocycles. The molecule has 1 aromatic rings. The van der Waals surface area contributed by atoms with E-state index in [-0.39, 0.29) is 29.8 Å². The fraction of sp³-hybridized carbons (Fsp3) is 0.692. The highest BCUT2D eigenvalue weighted by Gasteiger charge is 2.31. The van der Waals surface area contributed by atoms with Gasteiger partial charge in [0.15, 0.2) is 0 Å². The Labute approximate surface area is 188 Å². The smallest absolute Gasteiger partial charge is 0.239 e. The Kier molecular flexibility index (Phi) is 9.85. The van der Waals surface area contributed by atoms with Gasteiger partial charge < -0.3 is 15.5 Å². The van der Waals surface area contributed by atoms with Crippen LogP contribution in [0.25, 0.3) is 0 Å². The number of nitrogens with one attached hydrogen (secondary N) is 2. The van der Waals surface area contributed by atoms with Gasteiger partial charge >= 0.3 is 0 Å². The molecule has 5 nitrogen and oxygen atoms in total. The van der Waals surface area contributed by atoms with Crippen molar-refractivity contribution in [3.05, 3.63) is 35.9 Å². The zero-order valence-corrected chi connectivity index (χ0v) is 19.3. The number of benzene rings is 1. The van der Waals surface area contributed by atoms with Gasteiger partial charge in [-0.05, 0) is 63.5 Å². The minimum Gasteiger partial charge on any atom is -0.353 e. The third-order valence-corrected chi connectivity index (χ3v) is 6.90. The van der Waals surface area contributed by atoms with Crippen LogP contribution in [0.15, 0.2) is 30.3 Å². The van der Waals surface area contributed by atoms with Gasteiger partial charge in [0, 0.05) is 25.0 Å². The maximum atomic E-state index is 13.0. The lowest BCUT2D eigenvalue weighted by Gasteiger charge is -2.35. The number of hydrogen-bond donors (Lipinski definition) is 2. The van der Waals surface area contributed by atoms with Crippen LogP contribution >= 0.6 is 0 Å². The molecule has 1 aromatic carbocycles. The first kappa shape index (κ1) is 23.8. The number of piperidine rings is 2. The molecule has 2 fully saturated rings. The van der Waals surface area contributed by atoms with Crippen LogP contribution in [-0.2, 0) is 16.0 Å². The van der Waals surface area contributed by atoms with Crippen LogP contribution in [0.5, 0.6) is 0 Å². The molecule has 2 saturated heterocycles. The first-order valence-corrected chi connectivity index (χ1v) is 12.5. The van der Waals surface area contributed by atoms with Gasteiger partial charge in [0.1, 0.15) is 0 Å². The minimum atomic E-state index is -0.0119. The maximum Gasteiger partial charge on any atom is 0.239 e. The lowest BCUT2D eigenvalue weighted by atomic mass is 9.93. The fourth-order valence-electron chi connectivity index (χ4n) is 4.90. The summed E-state index contributed by atoms with van der Waals surface area (Å²) in [6, 6.07) is 10.8. The molecule has 0 saturated carbocycles. The average Bonchev–Trinajstić information content (AvgIpc) is 2.83. The SMILES string of the molecule is CCCCC(CCCc1ccccc1)NC(=O)C1CCN(C(=O)C2CCCCN2)CC1. The molecule has 2 aliphatic rings. The third kappa shape index (κ3) is 7.64. The van der Waals surface area contributed by atoms with Crippen molar-refractivity contribution in [2.24, 2.45) is 5.92 Å². The van der Waals surface area contributed by atoms with E-state index in [9.17, 15) is 9.59 Å². The van der Waals surface area contributed by atoms with Crippen LogP contribution in [0.4, 0.5) is 0 Å². The molecule has 2 amide bonds. The molecule has 2 atom stereocenters. The van der Waals surface area contributed by atoms with Gasteiger partial charge in [-0.1, -0.05) is 56.5 Å². The van der Waals surface area contributed by atoms with E-state index in [1.54, 1.807) is 0 Å². The summed E-state index contributed by atoms with van der Waals surface area (Å²) in [6.45, 7) is 4.57. The van der Waals surface area contributed by atoms with Crippen LogP contribution in [-0.4, -0.2) is 48.4 Å². The fourth-order valence-corrected chi connectivity index (χ4v) is 4.90. The highest BCUT2D eigenvalue weighted by atomic mass is 16.2. The molecule has 31 heavy (non-hydrogen) atoms. The van der Waals surface area contributed by atoms with E-state index in [4.69, 9.17) is 0 Å². The van der Waals surface area contributed by atoms with Crippen molar-refractivity contribution in [1.82, 2.24) is 15.5 Å². The second kappa shape index (κ2) is 12.8. The predicted molar refractivity (Wildman–Crippen MR) is 126 cm³/mol. The molecule has 2 unspecified atom stereocenters. The zero-order valence-electron chi connectivity index (χ0n) is 19.3. The number of hydrogen-bond acceptors (Lipinski definition) is 3. The highest BCUT2D eigenvalue weighted by Crippen LogP contribution is 2.21. The van der Waals surface area contributed by atoms with Crippen LogP contribution in [0.2, 0.25) is 0 Å². The Morgan fingerprint density at radius 1 is 1.06 bits per heavy atom. The van der Waals surface area contributed by atoms with Crippen LogP contribution in [0, 0.1) is 5.92 Å². The van der Waals surface area contributed by atoms with Gasteiger partial charge in [0.05, 0.1) is 6.04 Å². The predicted octanol–water partition coefficient (Wildman–Crippen LogP) is 4.07. The molecule has 2 heterocycles. The molecular weight excluding hydrogens is 386 g/mol. The van der Waals surface area contributed by atoms with Gasteiger partial charge in [0.2, 0.25) is 11.8 Å². The van der Waals surface area contributed by atoms with Crippen molar-refractivity contribution >= 4 is 11.8 Å². The molecule has 172 valence electrons. The van der Waals surface area contributed by atoms with Crippen LogP contribution < -0.4 is 10.6 Å². The normalized spacial score (nSPS) is 20.9. The van der Waals surface area contributed by atoms with Crippen molar-refractivity contribution in [3.8, 4) is 0 Å². The zero-order chi connectivity index (χ0) is 21.9. The number of carbonyl (C=O) groups is 2. The second-order valence-corrected chi connectivity index (χ2v) is 9.33. The number of unbranched alkanes of at least 4 members (excludes halogenated alkanes) is 1. The molecule has 2 aliphatic heterocycles. The van der Waals surface area contributed by atoms with E-state index >= 15 is 0 Å². The molecule has 0 bridgehead atoms. The van der Waals surface area contributed by atoms with Crippen molar-refractivity contribution in [3.63, 3.8) is 0 Å². The number of rotatable bonds is 10. The number of aryl methyl sites for hydroxylation is 1. The molecule has 0 aliphatic carbocycles. The monoisotopic (exact) mass is 427 g/mol. The Morgan fingerprint density at radius 2 is 1.81 bits per heavy atom. The van der Waals surface area contributed by atoms with E-state index in [1.807, 2.05) is 4.90 Å². The third-order valence-electron chi connectivity index (χ3n) is 6.90. The molecule has 0 radical (unpaired) electrons. The van der Waals surface area contributed by atoms with Crippen molar-refractivity contribution < 1.29 is 9.59 Å². The van der Waals surface area contributed by atoms with Crippen molar-refractivity contribution in [2.75, 3.05) is 19.6 Å². The number of amides is 2. The summed E-state index contributed by atoms with van der Waals surface area (Å²) >= 11 is 0. The summed E-state index contributed by atoms with van der Waals surface area (Å²) in [4.78, 5) is 27.7. The largest absolute Gasteiger partial charge is 0.353 e. The molecule has 3 rings (SSSR count).